The predicted octanol–water partition coefficient (Wildman–Crippen LogP) is 2.05. The third kappa shape index (κ3) is 4.28. The van der Waals surface area contributed by atoms with Gasteiger partial charge in [0.05, 0.1) is 11.7 Å². The topological polar surface area (TPSA) is 98.6 Å². The van der Waals surface area contributed by atoms with Crippen LogP contribution in [-0.4, -0.2) is 82.1 Å². The average molecular weight is 413 g/mol. The van der Waals surface area contributed by atoms with Crippen LogP contribution in [0.2, 0.25) is 0 Å². The van der Waals surface area contributed by atoms with Crippen LogP contribution in [0.1, 0.15) is 43.2 Å². The first kappa shape index (κ1) is 20.7. The van der Waals surface area contributed by atoms with Crippen LogP contribution in [0, 0.1) is 6.92 Å². The van der Waals surface area contributed by atoms with E-state index in [0.29, 0.717) is 12.5 Å². The normalized spacial score (nSPS) is 19.9. The number of aryl methyl sites for hydroxylation is 1. The molecule has 0 aliphatic carbocycles. The highest BCUT2D eigenvalue weighted by atomic mass is 16.2. The maximum Gasteiger partial charge on any atom is 0.314 e. The van der Waals surface area contributed by atoms with Gasteiger partial charge < -0.3 is 15.5 Å². The van der Waals surface area contributed by atoms with Crippen molar-refractivity contribution in [2.75, 3.05) is 39.3 Å². The number of nitrogens with zero attached hydrogens (tertiary/aromatic N) is 4. The monoisotopic (exact) mass is 412 g/mol. The molecular weight excluding hydrogens is 380 g/mol. The summed E-state index contributed by atoms with van der Waals surface area (Å²) in [5.74, 6) is 0.405. The number of aromatic amines is 1. The minimum atomic E-state index is -0.319. The smallest absolute Gasteiger partial charge is 0.314 e. The van der Waals surface area contributed by atoms with Crippen LogP contribution in [0.5, 0.6) is 0 Å². The Kier molecular flexibility index (Phi) is 5.94. The fourth-order valence-corrected chi connectivity index (χ4v) is 4.85. The van der Waals surface area contributed by atoms with Crippen molar-refractivity contribution in [1.82, 2.24) is 24.9 Å². The molecule has 1 atom stereocenters. The number of piperazine rings is 1. The quantitative estimate of drug-likeness (QED) is 0.803. The minimum Gasteiger partial charge on any atom is -0.351 e. The lowest BCUT2D eigenvalue weighted by Gasteiger charge is -2.42. The molecule has 0 spiro atoms. The highest BCUT2D eigenvalue weighted by Crippen LogP contribution is 2.27. The number of aromatic nitrogens is 2. The molecule has 1 aromatic heterocycles. The zero-order valence-electron chi connectivity index (χ0n) is 17.9. The summed E-state index contributed by atoms with van der Waals surface area (Å²) in [6.07, 6.45) is 4.29. The molecule has 3 amide bonds. The Morgan fingerprint density at radius 2 is 1.83 bits per heavy atom. The molecule has 8 heteroatoms. The van der Waals surface area contributed by atoms with E-state index in [0.717, 1.165) is 68.6 Å². The van der Waals surface area contributed by atoms with Crippen LogP contribution < -0.4 is 5.73 Å². The number of piperidine rings is 1. The van der Waals surface area contributed by atoms with E-state index in [1.807, 2.05) is 11.1 Å². The Balaban J connectivity index is 1.28. The number of carbonyl (C=O) groups is 2. The Bertz CT molecular complexity index is 909. The molecule has 0 saturated carbocycles. The summed E-state index contributed by atoms with van der Waals surface area (Å²) in [5, 5.41) is 8.25. The summed E-state index contributed by atoms with van der Waals surface area (Å²) in [7, 11) is 0. The molecule has 2 saturated heterocycles. The van der Waals surface area contributed by atoms with Crippen LogP contribution in [0.25, 0.3) is 10.9 Å². The van der Waals surface area contributed by atoms with Gasteiger partial charge in [0.2, 0.25) is 5.91 Å². The number of hydrogen-bond acceptors (Lipinski definition) is 4. The number of urea groups is 1. The zero-order valence-corrected chi connectivity index (χ0v) is 17.9. The van der Waals surface area contributed by atoms with Crippen molar-refractivity contribution >= 4 is 22.8 Å². The van der Waals surface area contributed by atoms with Gasteiger partial charge in [-0.2, -0.15) is 5.10 Å². The molecule has 162 valence electrons. The van der Waals surface area contributed by atoms with Gasteiger partial charge in [0.1, 0.15) is 0 Å². The third-order valence-corrected chi connectivity index (χ3v) is 6.78. The van der Waals surface area contributed by atoms with E-state index in [-0.39, 0.29) is 17.9 Å². The molecule has 0 radical (unpaired) electrons. The van der Waals surface area contributed by atoms with E-state index in [9.17, 15) is 9.59 Å². The molecule has 1 aromatic carbocycles. The Labute approximate surface area is 177 Å². The van der Waals surface area contributed by atoms with Crippen LogP contribution in [0.15, 0.2) is 18.3 Å². The summed E-state index contributed by atoms with van der Waals surface area (Å²) in [4.78, 5) is 30.4. The number of rotatable bonds is 4. The number of H-pyrrole nitrogens is 1. The first-order chi connectivity index (χ1) is 14.4. The Hall–Kier alpha value is -2.61. The number of carbonyl (C=O) groups excluding carboxylic acids is 2. The molecule has 3 N–H and O–H groups in total. The van der Waals surface area contributed by atoms with E-state index in [1.165, 1.54) is 5.56 Å². The molecule has 30 heavy (non-hydrogen) atoms. The van der Waals surface area contributed by atoms with Gasteiger partial charge in [-0.25, -0.2) is 4.79 Å². The van der Waals surface area contributed by atoms with E-state index >= 15 is 0 Å². The van der Waals surface area contributed by atoms with Crippen molar-refractivity contribution in [3.05, 3.63) is 29.5 Å². The summed E-state index contributed by atoms with van der Waals surface area (Å²) in [5.41, 5.74) is 8.80. The van der Waals surface area contributed by atoms with Gasteiger partial charge in [0, 0.05) is 57.1 Å². The van der Waals surface area contributed by atoms with Crippen LogP contribution >= 0.6 is 0 Å². The average Bonchev–Trinajstić information content (AvgIpc) is 3.23. The largest absolute Gasteiger partial charge is 0.351 e. The maximum atomic E-state index is 12.9. The number of amides is 3. The van der Waals surface area contributed by atoms with Gasteiger partial charge in [-0.05, 0) is 42.9 Å². The van der Waals surface area contributed by atoms with Crippen molar-refractivity contribution in [1.29, 1.82) is 0 Å². The second-order valence-corrected chi connectivity index (χ2v) is 8.75. The number of likely N-dealkylation sites (tertiary alicyclic amines) is 1. The van der Waals surface area contributed by atoms with E-state index in [1.54, 1.807) is 4.90 Å². The minimum absolute atomic E-state index is 0.173. The molecule has 2 aliphatic rings. The molecule has 2 fully saturated rings. The Morgan fingerprint density at radius 1 is 1.13 bits per heavy atom. The van der Waals surface area contributed by atoms with Crippen LogP contribution in [0.3, 0.4) is 0 Å². The number of fused-ring (bicyclic) bond motifs is 1. The lowest BCUT2D eigenvalue weighted by molar-refractivity contribution is -0.133. The van der Waals surface area contributed by atoms with Gasteiger partial charge in [-0.1, -0.05) is 13.0 Å². The van der Waals surface area contributed by atoms with E-state index < -0.39 is 0 Å². The highest BCUT2D eigenvalue weighted by Gasteiger charge is 2.30. The van der Waals surface area contributed by atoms with E-state index in [2.05, 4.69) is 41.1 Å². The maximum absolute atomic E-state index is 12.9. The van der Waals surface area contributed by atoms with Crippen molar-refractivity contribution < 1.29 is 9.59 Å². The van der Waals surface area contributed by atoms with Crippen molar-refractivity contribution in [3.8, 4) is 0 Å². The summed E-state index contributed by atoms with van der Waals surface area (Å²) in [6, 6.07) is 4.47. The van der Waals surface area contributed by atoms with Crippen LogP contribution in [-0.2, 0) is 4.79 Å². The molecule has 2 aliphatic heterocycles. The van der Waals surface area contributed by atoms with Crippen molar-refractivity contribution in [2.45, 2.75) is 45.1 Å². The first-order valence-electron chi connectivity index (χ1n) is 10.9. The van der Waals surface area contributed by atoms with E-state index in [4.69, 9.17) is 5.73 Å². The Morgan fingerprint density at radius 3 is 2.50 bits per heavy atom. The predicted molar refractivity (Wildman–Crippen MR) is 116 cm³/mol. The number of hydrogen-bond donors (Lipinski definition) is 2. The molecular formula is C22H32N6O2. The fourth-order valence-electron chi connectivity index (χ4n) is 4.85. The van der Waals surface area contributed by atoms with Crippen molar-refractivity contribution in [3.63, 3.8) is 0 Å². The number of primary amides is 1. The molecule has 4 rings (SSSR count). The first-order valence-corrected chi connectivity index (χ1v) is 10.9. The highest BCUT2D eigenvalue weighted by molar-refractivity contribution is 5.82. The SMILES string of the molecule is Cc1cc(C(C)CC(=O)N2CCN(C3CCN(C(N)=O)CC3)CC2)cc2cn[nH]c12. The summed E-state index contributed by atoms with van der Waals surface area (Å²) >= 11 is 0. The molecule has 8 nitrogen and oxygen atoms in total. The van der Waals surface area contributed by atoms with Gasteiger partial charge in [-0.3, -0.25) is 14.8 Å². The number of benzene rings is 1. The third-order valence-electron chi connectivity index (χ3n) is 6.78. The number of nitrogens with two attached hydrogens (primary N) is 1. The molecule has 3 heterocycles. The van der Waals surface area contributed by atoms with Gasteiger partial charge in [0.15, 0.2) is 0 Å². The van der Waals surface area contributed by atoms with Gasteiger partial charge >= 0.3 is 6.03 Å². The number of nitrogens with one attached hydrogen (secondary N) is 1. The van der Waals surface area contributed by atoms with Gasteiger partial charge in [-0.15, -0.1) is 0 Å². The summed E-state index contributed by atoms with van der Waals surface area (Å²) in [6.45, 7) is 9.03. The second-order valence-electron chi connectivity index (χ2n) is 8.75. The van der Waals surface area contributed by atoms with Gasteiger partial charge in [0.25, 0.3) is 0 Å². The summed E-state index contributed by atoms with van der Waals surface area (Å²) < 4.78 is 0. The zero-order chi connectivity index (χ0) is 21.3. The molecule has 2 aromatic rings. The molecule has 1 unspecified atom stereocenters. The van der Waals surface area contributed by atoms with Crippen molar-refractivity contribution in [2.24, 2.45) is 5.73 Å². The lowest BCUT2D eigenvalue weighted by Crippen LogP contribution is -2.55. The molecule has 0 bridgehead atoms. The lowest BCUT2D eigenvalue weighted by atomic mass is 9.94. The van der Waals surface area contributed by atoms with Crippen LogP contribution in [0.4, 0.5) is 4.79 Å². The standard InChI is InChI=1S/C22H32N6O2/c1-15(17-11-16(2)21-18(13-17)14-24-25-21)12-20(29)27-9-7-26(8-10-27)19-3-5-28(6-4-19)22(23)30/h11,13-15,19H,3-10,12H2,1-2H3,(H2,23,30)(H,24,25). The second kappa shape index (κ2) is 8.63. The fraction of sp³-hybridized carbons (Fsp3) is 0.591.